The van der Waals surface area contributed by atoms with Gasteiger partial charge in [-0.3, -0.25) is 9.59 Å². The Balaban J connectivity index is 2.01. The molecule has 0 saturated carbocycles. The van der Waals surface area contributed by atoms with E-state index in [1.54, 1.807) is 26.0 Å². The molecule has 0 aromatic heterocycles. The van der Waals surface area contributed by atoms with Gasteiger partial charge in [0.2, 0.25) is 5.91 Å². The normalized spacial score (nSPS) is 11.5. The number of nitrogens with zero attached hydrogens (tertiary/aromatic N) is 1. The fourth-order valence-electron chi connectivity index (χ4n) is 2.80. The lowest BCUT2D eigenvalue weighted by molar-refractivity contribution is -0.148. The van der Waals surface area contributed by atoms with E-state index in [0.29, 0.717) is 18.4 Å². The van der Waals surface area contributed by atoms with E-state index < -0.39 is 6.04 Å². The first-order valence-corrected chi connectivity index (χ1v) is 9.42. The maximum absolute atomic E-state index is 12.5. The molecule has 5 nitrogen and oxygen atoms in total. The van der Waals surface area contributed by atoms with Crippen LogP contribution in [-0.2, 0) is 20.7 Å². The van der Waals surface area contributed by atoms with Crippen LogP contribution in [0.25, 0.3) is 0 Å². The van der Waals surface area contributed by atoms with Gasteiger partial charge in [0.25, 0.3) is 0 Å². The molecule has 0 saturated heterocycles. The van der Waals surface area contributed by atoms with Crippen LogP contribution < -0.4 is 5.32 Å². The minimum Gasteiger partial charge on any atom is -0.463 e. The third kappa shape index (κ3) is 6.88. The Kier molecular flexibility index (Phi) is 7.76. The van der Waals surface area contributed by atoms with Gasteiger partial charge in [-0.05, 0) is 50.5 Å². The number of carbonyl (C=O) groups is 2. The van der Waals surface area contributed by atoms with E-state index in [4.69, 9.17) is 10.00 Å². The smallest absolute Gasteiger partial charge is 0.308 e. The molecule has 1 amide bonds. The molecule has 0 aliphatic heterocycles. The number of esters is 1. The maximum Gasteiger partial charge on any atom is 0.308 e. The lowest BCUT2D eigenvalue weighted by Crippen LogP contribution is -2.31. The summed E-state index contributed by atoms with van der Waals surface area (Å²) < 4.78 is 5.24. The molecular formula is C23H26N2O3. The van der Waals surface area contributed by atoms with E-state index >= 15 is 0 Å². The first-order chi connectivity index (χ1) is 13.4. The van der Waals surface area contributed by atoms with Crippen molar-refractivity contribution in [1.82, 2.24) is 5.32 Å². The van der Waals surface area contributed by atoms with Crippen molar-refractivity contribution in [2.75, 3.05) is 0 Å². The Labute approximate surface area is 166 Å². The highest BCUT2D eigenvalue weighted by atomic mass is 16.5. The van der Waals surface area contributed by atoms with Crippen LogP contribution in [0.1, 0.15) is 55.0 Å². The summed E-state index contributed by atoms with van der Waals surface area (Å²) in [5.41, 5.74) is 3.56. The number of hydrogen-bond acceptors (Lipinski definition) is 4. The van der Waals surface area contributed by atoms with Crippen LogP contribution in [0.5, 0.6) is 0 Å². The summed E-state index contributed by atoms with van der Waals surface area (Å²) in [5, 5.41) is 11.8. The second-order valence-electron chi connectivity index (χ2n) is 7.08. The summed E-state index contributed by atoms with van der Waals surface area (Å²) in [6.45, 7) is 5.59. The quantitative estimate of drug-likeness (QED) is 0.704. The van der Waals surface area contributed by atoms with Crippen molar-refractivity contribution in [3.05, 3.63) is 70.8 Å². The van der Waals surface area contributed by atoms with E-state index in [1.807, 2.05) is 43.3 Å². The number of ether oxygens (including phenoxy) is 1. The molecule has 28 heavy (non-hydrogen) atoms. The summed E-state index contributed by atoms with van der Waals surface area (Å²) in [6.07, 6.45) is 0.754. The molecule has 1 N–H and O–H groups in total. The summed E-state index contributed by atoms with van der Waals surface area (Å²) in [4.78, 5) is 24.6. The van der Waals surface area contributed by atoms with Crippen LogP contribution in [0.2, 0.25) is 0 Å². The molecule has 0 bridgehead atoms. The number of benzene rings is 2. The van der Waals surface area contributed by atoms with Gasteiger partial charge in [0, 0.05) is 6.42 Å². The van der Waals surface area contributed by atoms with Crippen LogP contribution in [0.3, 0.4) is 0 Å². The zero-order valence-electron chi connectivity index (χ0n) is 16.6. The van der Waals surface area contributed by atoms with E-state index in [-0.39, 0.29) is 24.4 Å². The molecule has 146 valence electrons. The van der Waals surface area contributed by atoms with Crippen molar-refractivity contribution in [2.24, 2.45) is 0 Å². The average molecular weight is 378 g/mol. The number of amides is 1. The predicted molar refractivity (Wildman–Crippen MR) is 107 cm³/mol. The van der Waals surface area contributed by atoms with Crippen molar-refractivity contribution < 1.29 is 14.3 Å². The van der Waals surface area contributed by atoms with E-state index in [1.165, 1.54) is 0 Å². The first-order valence-electron chi connectivity index (χ1n) is 9.42. The summed E-state index contributed by atoms with van der Waals surface area (Å²) >= 11 is 0. The molecule has 2 aromatic carbocycles. The molecular weight excluding hydrogens is 352 g/mol. The topological polar surface area (TPSA) is 79.2 Å². The lowest BCUT2D eigenvalue weighted by atomic mass is 10.0. The van der Waals surface area contributed by atoms with Gasteiger partial charge in [-0.25, -0.2) is 0 Å². The molecule has 0 spiro atoms. The molecule has 2 aromatic rings. The average Bonchev–Trinajstić information content (AvgIpc) is 2.66. The monoisotopic (exact) mass is 378 g/mol. The number of nitrogens with one attached hydrogen (secondary N) is 1. The van der Waals surface area contributed by atoms with Crippen molar-refractivity contribution in [3.63, 3.8) is 0 Å². The molecule has 0 heterocycles. The summed E-state index contributed by atoms with van der Waals surface area (Å²) in [6, 6.07) is 16.6. The van der Waals surface area contributed by atoms with Crippen molar-refractivity contribution in [2.45, 2.75) is 52.2 Å². The Bertz CT molecular complexity index is 834. The highest BCUT2D eigenvalue weighted by Crippen LogP contribution is 2.19. The fourth-order valence-corrected chi connectivity index (χ4v) is 2.80. The van der Waals surface area contributed by atoms with Crippen LogP contribution in [-0.4, -0.2) is 18.0 Å². The van der Waals surface area contributed by atoms with Crippen LogP contribution in [0.4, 0.5) is 0 Å². The second-order valence-corrected chi connectivity index (χ2v) is 7.08. The Morgan fingerprint density at radius 3 is 2.29 bits per heavy atom. The SMILES string of the molecule is Cc1ccc(C(CC(=O)OC(C)C)NC(=O)CCc2ccc(C#N)cc2)cc1. The Morgan fingerprint density at radius 1 is 1.07 bits per heavy atom. The van der Waals surface area contributed by atoms with Crippen LogP contribution >= 0.6 is 0 Å². The number of rotatable bonds is 8. The number of nitriles is 1. The van der Waals surface area contributed by atoms with Crippen LogP contribution in [0.15, 0.2) is 48.5 Å². The zero-order chi connectivity index (χ0) is 20.5. The van der Waals surface area contributed by atoms with E-state index in [9.17, 15) is 9.59 Å². The molecule has 2 rings (SSSR count). The molecule has 0 aliphatic carbocycles. The molecule has 1 atom stereocenters. The van der Waals surface area contributed by atoms with Gasteiger partial charge < -0.3 is 10.1 Å². The summed E-state index contributed by atoms with van der Waals surface area (Å²) in [5.74, 6) is -0.472. The minimum absolute atomic E-state index is 0.0872. The number of hydrogen-bond donors (Lipinski definition) is 1. The predicted octanol–water partition coefficient (Wildman–Crippen LogP) is 4.00. The minimum atomic E-state index is -0.430. The van der Waals surface area contributed by atoms with Gasteiger partial charge in [-0.2, -0.15) is 5.26 Å². The lowest BCUT2D eigenvalue weighted by Gasteiger charge is -2.20. The van der Waals surface area contributed by atoms with Gasteiger partial charge in [0.05, 0.1) is 30.2 Å². The fraction of sp³-hybridized carbons (Fsp3) is 0.348. The van der Waals surface area contributed by atoms with Crippen molar-refractivity contribution in [1.29, 1.82) is 5.26 Å². The van der Waals surface area contributed by atoms with E-state index in [2.05, 4.69) is 11.4 Å². The Morgan fingerprint density at radius 2 is 1.71 bits per heavy atom. The maximum atomic E-state index is 12.5. The largest absolute Gasteiger partial charge is 0.463 e. The van der Waals surface area contributed by atoms with Gasteiger partial charge in [-0.1, -0.05) is 42.0 Å². The highest BCUT2D eigenvalue weighted by molar-refractivity contribution is 5.78. The van der Waals surface area contributed by atoms with Crippen molar-refractivity contribution >= 4 is 11.9 Å². The zero-order valence-corrected chi connectivity index (χ0v) is 16.6. The molecule has 0 aliphatic rings. The standard InChI is InChI=1S/C23H26N2O3/c1-16(2)28-23(27)14-21(20-11-4-17(3)5-12-20)25-22(26)13-10-18-6-8-19(15-24)9-7-18/h4-9,11-12,16,21H,10,13-14H2,1-3H3,(H,25,26). The van der Waals surface area contributed by atoms with Crippen LogP contribution in [0, 0.1) is 18.3 Å². The van der Waals surface area contributed by atoms with Crippen molar-refractivity contribution in [3.8, 4) is 6.07 Å². The first kappa shape index (κ1) is 21.2. The third-order valence-electron chi connectivity index (χ3n) is 4.28. The van der Waals surface area contributed by atoms with Gasteiger partial charge in [-0.15, -0.1) is 0 Å². The molecule has 0 radical (unpaired) electrons. The molecule has 5 heteroatoms. The Hall–Kier alpha value is -3.13. The molecule has 1 unspecified atom stereocenters. The highest BCUT2D eigenvalue weighted by Gasteiger charge is 2.20. The van der Waals surface area contributed by atoms with Gasteiger partial charge >= 0.3 is 5.97 Å². The van der Waals surface area contributed by atoms with Gasteiger partial charge in [0.15, 0.2) is 0 Å². The van der Waals surface area contributed by atoms with E-state index in [0.717, 1.165) is 16.7 Å². The summed E-state index contributed by atoms with van der Waals surface area (Å²) in [7, 11) is 0. The number of aryl methyl sites for hydroxylation is 2. The second kappa shape index (κ2) is 10.3. The van der Waals surface area contributed by atoms with Gasteiger partial charge in [0.1, 0.15) is 0 Å². The molecule has 0 fully saturated rings. The number of carbonyl (C=O) groups excluding carboxylic acids is 2. The third-order valence-corrected chi connectivity index (χ3v) is 4.28.